The molecule has 25 heavy (non-hydrogen) atoms. The molecule has 1 amide bonds. The summed E-state index contributed by atoms with van der Waals surface area (Å²) >= 11 is 0. The molecule has 0 spiro atoms. The number of aryl methyl sites for hydroxylation is 1. The highest BCUT2D eigenvalue weighted by Crippen LogP contribution is 2.21. The number of hydrogen-bond donors (Lipinski definition) is 3. The summed E-state index contributed by atoms with van der Waals surface area (Å²) in [6.45, 7) is 1.76. The quantitative estimate of drug-likeness (QED) is 0.775. The zero-order valence-electron chi connectivity index (χ0n) is 14.2. The van der Waals surface area contributed by atoms with Crippen molar-refractivity contribution >= 4 is 29.3 Å². The molecule has 2 fully saturated rings. The van der Waals surface area contributed by atoms with Gasteiger partial charge in [0.05, 0.1) is 11.0 Å². The van der Waals surface area contributed by atoms with E-state index >= 15 is 0 Å². The molecule has 0 saturated carbocycles. The van der Waals surface area contributed by atoms with E-state index in [0.717, 1.165) is 48.9 Å². The van der Waals surface area contributed by atoms with Gasteiger partial charge in [-0.3, -0.25) is 4.79 Å². The average Bonchev–Trinajstić information content (AvgIpc) is 3.07. The van der Waals surface area contributed by atoms with Gasteiger partial charge in [-0.2, -0.15) is 0 Å². The number of hydrogen-bond acceptors (Lipinski definition) is 3. The van der Waals surface area contributed by atoms with Gasteiger partial charge in [0.1, 0.15) is 0 Å². The first-order chi connectivity index (χ1) is 11.7. The topological polar surface area (TPSA) is 81.0 Å². The van der Waals surface area contributed by atoms with E-state index in [1.807, 2.05) is 23.1 Å². The third kappa shape index (κ3) is 4.07. The SMILES string of the molecule is Cl.O=C(CCCc1ccc2[nH]c(=O)[nH]c2c1)N1CCC2CCC(C1)N2. The molecule has 0 aliphatic carbocycles. The molecule has 2 saturated heterocycles. The number of likely N-dealkylation sites (tertiary alicyclic amines) is 1. The Morgan fingerprint density at radius 1 is 1.12 bits per heavy atom. The third-order valence-electron chi connectivity index (χ3n) is 5.31. The normalized spacial score (nSPS) is 22.6. The first-order valence-electron chi connectivity index (χ1n) is 8.92. The molecule has 136 valence electrons. The van der Waals surface area contributed by atoms with Crippen LogP contribution in [0.1, 0.15) is 37.7 Å². The number of halogens is 1. The molecule has 4 rings (SSSR count). The lowest BCUT2D eigenvalue weighted by Crippen LogP contribution is -2.38. The Morgan fingerprint density at radius 3 is 2.80 bits per heavy atom. The summed E-state index contributed by atoms with van der Waals surface area (Å²) < 4.78 is 0. The van der Waals surface area contributed by atoms with Crippen LogP contribution in [0.5, 0.6) is 0 Å². The molecule has 6 nitrogen and oxygen atoms in total. The number of carbonyl (C=O) groups is 1. The summed E-state index contributed by atoms with van der Waals surface area (Å²) in [4.78, 5) is 31.3. The van der Waals surface area contributed by atoms with Crippen molar-refractivity contribution in [3.63, 3.8) is 0 Å². The van der Waals surface area contributed by atoms with Gasteiger partial charge in [-0.1, -0.05) is 6.07 Å². The van der Waals surface area contributed by atoms with E-state index in [-0.39, 0.29) is 24.0 Å². The van der Waals surface area contributed by atoms with E-state index in [9.17, 15) is 9.59 Å². The van der Waals surface area contributed by atoms with Gasteiger partial charge in [0.15, 0.2) is 0 Å². The van der Waals surface area contributed by atoms with Gasteiger partial charge in [0, 0.05) is 31.6 Å². The molecule has 7 heteroatoms. The second kappa shape index (κ2) is 7.62. The van der Waals surface area contributed by atoms with Crippen molar-refractivity contribution in [3.8, 4) is 0 Å². The highest BCUT2D eigenvalue weighted by Gasteiger charge is 2.30. The maximum atomic E-state index is 12.5. The van der Waals surface area contributed by atoms with Crippen LogP contribution in [0.3, 0.4) is 0 Å². The van der Waals surface area contributed by atoms with E-state index in [1.165, 1.54) is 12.8 Å². The van der Waals surface area contributed by atoms with Crippen molar-refractivity contribution in [3.05, 3.63) is 34.2 Å². The van der Waals surface area contributed by atoms with Crippen LogP contribution in [-0.4, -0.2) is 45.9 Å². The Labute approximate surface area is 152 Å². The largest absolute Gasteiger partial charge is 0.341 e. The number of benzene rings is 1. The van der Waals surface area contributed by atoms with Crippen LogP contribution >= 0.6 is 12.4 Å². The van der Waals surface area contributed by atoms with E-state index < -0.39 is 0 Å². The number of carbonyl (C=O) groups excluding carboxylic acids is 1. The minimum atomic E-state index is -0.179. The number of amides is 1. The molecule has 2 aliphatic rings. The van der Waals surface area contributed by atoms with E-state index in [2.05, 4.69) is 15.3 Å². The van der Waals surface area contributed by atoms with Crippen LogP contribution in [0.15, 0.2) is 23.0 Å². The number of nitrogens with one attached hydrogen (secondary N) is 3. The molecule has 2 aliphatic heterocycles. The van der Waals surface area contributed by atoms with Gasteiger partial charge >= 0.3 is 5.69 Å². The predicted octanol–water partition coefficient (Wildman–Crippen LogP) is 1.95. The van der Waals surface area contributed by atoms with Gasteiger partial charge in [-0.15, -0.1) is 12.4 Å². The summed E-state index contributed by atoms with van der Waals surface area (Å²) in [5.41, 5.74) is 2.63. The smallest absolute Gasteiger partial charge is 0.323 e. The zero-order chi connectivity index (χ0) is 16.5. The van der Waals surface area contributed by atoms with E-state index in [1.54, 1.807) is 0 Å². The Hall–Kier alpha value is -1.79. The van der Waals surface area contributed by atoms with Crippen LogP contribution in [0.25, 0.3) is 11.0 Å². The standard InChI is InChI=1S/C18H24N4O2.ClH/c23-17(22-9-8-13-5-6-14(11-22)19-13)3-1-2-12-4-7-15-16(10-12)21-18(24)20-15;/h4,7,10,13-14,19H,1-3,5-6,8-9,11H2,(H2,20,21,24);1H. The number of aromatic nitrogens is 2. The molecular weight excluding hydrogens is 340 g/mol. The number of nitrogens with zero attached hydrogens (tertiary/aromatic N) is 1. The summed E-state index contributed by atoms with van der Waals surface area (Å²) in [5.74, 6) is 0.278. The van der Waals surface area contributed by atoms with Gasteiger partial charge in [0.25, 0.3) is 0 Å². The van der Waals surface area contributed by atoms with Crippen LogP contribution in [0, 0.1) is 0 Å². The molecule has 3 heterocycles. The van der Waals surface area contributed by atoms with E-state index in [0.29, 0.717) is 18.5 Å². The van der Waals surface area contributed by atoms with Crippen molar-refractivity contribution in [1.82, 2.24) is 20.2 Å². The minimum Gasteiger partial charge on any atom is -0.341 e. The van der Waals surface area contributed by atoms with E-state index in [4.69, 9.17) is 0 Å². The van der Waals surface area contributed by atoms with Crippen molar-refractivity contribution < 1.29 is 4.79 Å². The molecule has 2 unspecified atom stereocenters. The summed E-state index contributed by atoms with van der Waals surface area (Å²) in [7, 11) is 0. The lowest BCUT2D eigenvalue weighted by Gasteiger charge is -2.24. The fourth-order valence-corrected chi connectivity index (χ4v) is 4.01. The van der Waals surface area contributed by atoms with Gasteiger partial charge in [-0.05, 0) is 49.8 Å². The molecular formula is C18H25ClN4O2. The lowest BCUT2D eigenvalue weighted by atomic mass is 10.1. The molecule has 2 atom stereocenters. The van der Waals surface area contributed by atoms with Crippen molar-refractivity contribution in [2.24, 2.45) is 0 Å². The number of fused-ring (bicyclic) bond motifs is 3. The van der Waals surface area contributed by atoms with Gasteiger partial charge < -0.3 is 20.2 Å². The minimum absolute atomic E-state index is 0. The summed E-state index contributed by atoms with van der Waals surface area (Å²) in [6, 6.07) is 7.04. The Balaban J connectivity index is 0.00000182. The van der Waals surface area contributed by atoms with Gasteiger partial charge in [-0.25, -0.2) is 4.79 Å². The average molecular weight is 365 g/mol. The van der Waals surface area contributed by atoms with Crippen molar-refractivity contribution in [1.29, 1.82) is 0 Å². The Bertz CT molecular complexity index is 800. The Morgan fingerprint density at radius 2 is 1.92 bits per heavy atom. The molecule has 2 aromatic rings. The maximum Gasteiger partial charge on any atom is 0.323 e. The summed E-state index contributed by atoms with van der Waals surface area (Å²) in [5, 5.41) is 3.61. The predicted molar refractivity (Wildman–Crippen MR) is 100 cm³/mol. The highest BCUT2D eigenvalue weighted by atomic mass is 35.5. The van der Waals surface area contributed by atoms with Crippen molar-refractivity contribution in [2.45, 2.75) is 50.6 Å². The number of imidazole rings is 1. The first kappa shape index (κ1) is 18.0. The third-order valence-corrected chi connectivity index (χ3v) is 5.31. The van der Waals surface area contributed by atoms with Crippen LogP contribution in [-0.2, 0) is 11.2 Å². The fourth-order valence-electron chi connectivity index (χ4n) is 4.01. The fraction of sp³-hybridized carbons (Fsp3) is 0.556. The first-order valence-corrected chi connectivity index (χ1v) is 8.92. The van der Waals surface area contributed by atoms with Gasteiger partial charge in [0.2, 0.25) is 5.91 Å². The van der Waals surface area contributed by atoms with Crippen LogP contribution in [0.4, 0.5) is 0 Å². The Kier molecular flexibility index (Phi) is 5.49. The second-order valence-corrected chi connectivity index (χ2v) is 7.08. The van der Waals surface area contributed by atoms with Crippen LogP contribution in [0.2, 0.25) is 0 Å². The van der Waals surface area contributed by atoms with Crippen molar-refractivity contribution in [2.75, 3.05) is 13.1 Å². The molecule has 3 N–H and O–H groups in total. The number of rotatable bonds is 4. The molecule has 0 radical (unpaired) electrons. The number of H-pyrrole nitrogens is 2. The molecule has 1 aromatic heterocycles. The zero-order valence-corrected chi connectivity index (χ0v) is 15.0. The number of aromatic amines is 2. The molecule has 1 aromatic carbocycles. The van der Waals surface area contributed by atoms with Crippen LogP contribution < -0.4 is 11.0 Å². The maximum absolute atomic E-state index is 12.5. The summed E-state index contributed by atoms with van der Waals surface area (Å²) in [6.07, 6.45) is 5.84. The lowest BCUT2D eigenvalue weighted by molar-refractivity contribution is -0.131. The monoisotopic (exact) mass is 364 g/mol. The second-order valence-electron chi connectivity index (χ2n) is 7.08. The molecule has 2 bridgehead atoms. The highest BCUT2D eigenvalue weighted by molar-refractivity contribution is 5.85.